The summed E-state index contributed by atoms with van der Waals surface area (Å²) in [4.78, 5) is 24.4. The maximum atomic E-state index is 12.6. The highest BCUT2D eigenvalue weighted by Gasteiger charge is 2.27. The fourth-order valence-electron chi connectivity index (χ4n) is 2.57. The SMILES string of the molecule is COC(=O)c1cc2c(N)cc(Br)c3c2n(c1=O)[C@@H](C)CO3. The van der Waals surface area contributed by atoms with Crippen molar-refractivity contribution < 1.29 is 14.3 Å². The van der Waals surface area contributed by atoms with Crippen LogP contribution in [0.15, 0.2) is 21.4 Å². The second kappa shape index (κ2) is 4.77. The lowest BCUT2D eigenvalue weighted by molar-refractivity contribution is 0.0597. The van der Waals surface area contributed by atoms with Gasteiger partial charge in [0.05, 0.1) is 23.1 Å². The molecule has 0 spiro atoms. The van der Waals surface area contributed by atoms with Crippen molar-refractivity contribution in [3.63, 3.8) is 0 Å². The molecule has 1 atom stereocenters. The van der Waals surface area contributed by atoms with Crippen LogP contribution in [-0.2, 0) is 4.74 Å². The van der Waals surface area contributed by atoms with Crippen molar-refractivity contribution in [1.82, 2.24) is 4.57 Å². The van der Waals surface area contributed by atoms with E-state index >= 15 is 0 Å². The fourth-order valence-corrected chi connectivity index (χ4v) is 3.12. The third-order valence-electron chi connectivity index (χ3n) is 3.57. The molecule has 2 N–H and O–H groups in total. The van der Waals surface area contributed by atoms with Crippen LogP contribution in [-0.4, -0.2) is 24.3 Å². The summed E-state index contributed by atoms with van der Waals surface area (Å²) >= 11 is 3.39. The van der Waals surface area contributed by atoms with E-state index in [1.54, 1.807) is 10.6 Å². The highest BCUT2D eigenvalue weighted by molar-refractivity contribution is 9.10. The average Bonchev–Trinajstić information content (AvgIpc) is 2.45. The van der Waals surface area contributed by atoms with Crippen LogP contribution < -0.4 is 16.0 Å². The largest absolute Gasteiger partial charge is 0.488 e. The molecule has 3 rings (SSSR count). The maximum absolute atomic E-state index is 12.6. The minimum Gasteiger partial charge on any atom is -0.488 e. The van der Waals surface area contributed by atoms with Crippen LogP contribution in [0.4, 0.5) is 5.69 Å². The zero-order chi connectivity index (χ0) is 15.3. The Morgan fingerprint density at radius 3 is 2.90 bits per heavy atom. The summed E-state index contributed by atoms with van der Waals surface area (Å²) in [5.41, 5.74) is 6.65. The number of carbonyl (C=O) groups excluding carboxylic acids is 1. The number of hydrogen-bond acceptors (Lipinski definition) is 5. The molecule has 0 bridgehead atoms. The molecule has 110 valence electrons. The standard InChI is InChI=1S/C14H13BrN2O4/c1-6-5-21-12-9(15)4-10(16)7-3-8(14(19)20-2)13(18)17(6)11(7)12/h3-4,6H,5,16H2,1-2H3/t6-/m0/s1. The topological polar surface area (TPSA) is 83.5 Å². The number of nitrogens with zero attached hydrogens (tertiary/aromatic N) is 1. The van der Waals surface area contributed by atoms with Crippen LogP contribution in [0.25, 0.3) is 10.9 Å². The van der Waals surface area contributed by atoms with E-state index in [9.17, 15) is 9.59 Å². The number of hydrogen-bond donors (Lipinski definition) is 1. The monoisotopic (exact) mass is 352 g/mol. The molecule has 7 heteroatoms. The van der Waals surface area contributed by atoms with Gasteiger partial charge in [0.15, 0.2) is 5.75 Å². The molecule has 21 heavy (non-hydrogen) atoms. The van der Waals surface area contributed by atoms with Crippen LogP contribution in [0.3, 0.4) is 0 Å². The van der Waals surface area contributed by atoms with Gasteiger partial charge in [-0.05, 0) is 35.0 Å². The summed E-state index contributed by atoms with van der Waals surface area (Å²) < 4.78 is 12.6. The lowest BCUT2D eigenvalue weighted by Gasteiger charge is -2.27. The molecule has 1 aliphatic rings. The first-order valence-electron chi connectivity index (χ1n) is 6.34. The zero-order valence-electron chi connectivity index (χ0n) is 11.5. The molecule has 2 heterocycles. The van der Waals surface area contributed by atoms with Gasteiger partial charge in [-0.3, -0.25) is 9.36 Å². The summed E-state index contributed by atoms with van der Waals surface area (Å²) in [7, 11) is 1.24. The van der Waals surface area contributed by atoms with Crippen LogP contribution in [0.1, 0.15) is 23.3 Å². The fraction of sp³-hybridized carbons (Fsp3) is 0.286. The Balaban J connectivity index is 2.53. The van der Waals surface area contributed by atoms with Crippen LogP contribution in [0.5, 0.6) is 5.75 Å². The van der Waals surface area contributed by atoms with E-state index in [4.69, 9.17) is 10.5 Å². The Morgan fingerprint density at radius 2 is 2.24 bits per heavy atom. The van der Waals surface area contributed by atoms with Crippen molar-refractivity contribution in [1.29, 1.82) is 0 Å². The highest BCUT2D eigenvalue weighted by atomic mass is 79.9. The van der Waals surface area contributed by atoms with E-state index in [0.29, 0.717) is 33.4 Å². The average molecular weight is 353 g/mol. The van der Waals surface area contributed by atoms with Gasteiger partial charge in [0.25, 0.3) is 5.56 Å². The number of esters is 1. The summed E-state index contributed by atoms with van der Waals surface area (Å²) in [6.07, 6.45) is 0. The smallest absolute Gasteiger partial charge is 0.343 e. The highest BCUT2D eigenvalue weighted by Crippen LogP contribution is 2.40. The molecule has 6 nitrogen and oxygen atoms in total. The third-order valence-corrected chi connectivity index (χ3v) is 4.16. The number of pyridine rings is 1. The number of halogens is 1. The van der Waals surface area contributed by atoms with Gasteiger partial charge in [-0.15, -0.1) is 0 Å². The Labute approximate surface area is 128 Å². The zero-order valence-corrected chi connectivity index (χ0v) is 13.1. The van der Waals surface area contributed by atoms with Crippen molar-refractivity contribution in [2.75, 3.05) is 19.5 Å². The van der Waals surface area contributed by atoms with Gasteiger partial charge in [-0.2, -0.15) is 0 Å². The van der Waals surface area contributed by atoms with E-state index in [1.165, 1.54) is 13.2 Å². The van der Waals surface area contributed by atoms with Gasteiger partial charge >= 0.3 is 5.97 Å². The number of nitrogen functional groups attached to an aromatic ring is 1. The molecule has 2 aromatic rings. The number of ether oxygens (including phenoxy) is 2. The second-order valence-corrected chi connectivity index (χ2v) is 5.78. The first-order valence-corrected chi connectivity index (χ1v) is 7.13. The van der Waals surface area contributed by atoms with Crippen molar-refractivity contribution >= 4 is 38.5 Å². The molecule has 1 aromatic carbocycles. The molecule has 0 radical (unpaired) electrons. The normalized spacial score (nSPS) is 16.6. The minimum atomic E-state index is -0.673. The molecule has 0 saturated carbocycles. The summed E-state index contributed by atoms with van der Waals surface area (Å²) in [5.74, 6) is -0.112. The van der Waals surface area contributed by atoms with Crippen molar-refractivity contribution in [3.05, 3.63) is 32.5 Å². The van der Waals surface area contributed by atoms with E-state index in [-0.39, 0.29) is 11.6 Å². The van der Waals surface area contributed by atoms with Crippen molar-refractivity contribution in [2.45, 2.75) is 13.0 Å². The molecule has 0 unspecified atom stereocenters. The van der Waals surface area contributed by atoms with Crippen LogP contribution >= 0.6 is 15.9 Å². The van der Waals surface area contributed by atoms with Gasteiger partial charge in [0, 0.05) is 11.1 Å². The molecule has 0 fully saturated rings. The Hall–Kier alpha value is -2.02. The van der Waals surface area contributed by atoms with Crippen molar-refractivity contribution in [3.8, 4) is 5.75 Å². The summed E-state index contributed by atoms with van der Waals surface area (Å²) in [5, 5.41) is 0.597. The first-order chi connectivity index (χ1) is 9.95. The molecule has 1 aliphatic heterocycles. The number of carbonyl (C=O) groups is 1. The second-order valence-electron chi connectivity index (χ2n) is 4.92. The van der Waals surface area contributed by atoms with Crippen molar-refractivity contribution in [2.24, 2.45) is 0 Å². The number of methoxy groups -OCH3 is 1. The van der Waals surface area contributed by atoms with Crippen LogP contribution in [0.2, 0.25) is 0 Å². The predicted molar refractivity (Wildman–Crippen MR) is 81.9 cm³/mol. The van der Waals surface area contributed by atoms with Gasteiger partial charge in [0.1, 0.15) is 12.2 Å². The molecule has 0 amide bonds. The quantitative estimate of drug-likeness (QED) is 0.627. The number of benzene rings is 1. The van der Waals surface area contributed by atoms with Gasteiger partial charge in [0.2, 0.25) is 0 Å². The van der Waals surface area contributed by atoms with Gasteiger partial charge in [-0.25, -0.2) is 4.79 Å². The van der Waals surface area contributed by atoms with E-state index < -0.39 is 11.5 Å². The van der Waals surface area contributed by atoms with Gasteiger partial charge < -0.3 is 15.2 Å². The maximum Gasteiger partial charge on any atom is 0.343 e. The Morgan fingerprint density at radius 1 is 1.52 bits per heavy atom. The number of rotatable bonds is 1. The lowest BCUT2D eigenvalue weighted by atomic mass is 10.1. The van der Waals surface area contributed by atoms with Crippen LogP contribution in [0, 0.1) is 0 Å². The third kappa shape index (κ3) is 1.91. The van der Waals surface area contributed by atoms with E-state index in [1.807, 2.05) is 6.92 Å². The molecular weight excluding hydrogens is 340 g/mol. The summed E-state index contributed by atoms with van der Waals surface area (Å²) in [6.45, 7) is 2.19. The lowest BCUT2D eigenvalue weighted by Crippen LogP contribution is -2.34. The number of nitrogens with two attached hydrogens (primary N) is 1. The first kappa shape index (κ1) is 13.9. The van der Waals surface area contributed by atoms with E-state index in [0.717, 1.165) is 0 Å². The molecule has 1 aromatic heterocycles. The number of anilines is 1. The van der Waals surface area contributed by atoms with Gasteiger partial charge in [-0.1, -0.05) is 0 Å². The Kier molecular flexibility index (Phi) is 3.16. The minimum absolute atomic E-state index is 0.0290. The summed E-state index contributed by atoms with van der Waals surface area (Å²) in [6, 6.07) is 2.96. The number of aromatic nitrogens is 1. The molecule has 0 aliphatic carbocycles. The Bertz CT molecular complexity index is 828. The molecular formula is C14H13BrN2O4. The van der Waals surface area contributed by atoms with E-state index in [2.05, 4.69) is 20.7 Å². The predicted octanol–water partition coefficient (Wildman–Crippen LogP) is 2.09. The molecule has 0 saturated heterocycles.